The van der Waals surface area contributed by atoms with Gasteiger partial charge < -0.3 is 10.2 Å². The summed E-state index contributed by atoms with van der Waals surface area (Å²) >= 11 is 9.42. The van der Waals surface area contributed by atoms with Crippen molar-refractivity contribution in [3.8, 4) is 0 Å². The number of amides is 2. The second-order valence-electron chi connectivity index (χ2n) is 8.77. The first kappa shape index (κ1) is 29.7. The summed E-state index contributed by atoms with van der Waals surface area (Å²) in [5.74, 6) is -0.807. The van der Waals surface area contributed by atoms with Gasteiger partial charge in [0.25, 0.3) is 10.0 Å². The SMILES string of the molecule is CCCCNC(=O)C(C)N(Cc1cccc(Br)c1)C(=O)CN(c1ccccc1)S(=O)(=O)c1ccc(Cl)cc1. The number of hydrogen-bond donors (Lipinski definition) is 1. The average molecular weight is 621 g/mol. The van der Waals surface area contributed by atoms with Crippen LogP contribution in [0.2, 0.25) is 5.02 Å². The number of anilines is 1. The summed E-state index contributed by atoms with van der Waals surface area (Å²) in [4.78, 5) is 28.2. The first-order valence-electron chi connectivity index (χ1n) is 12.3. The van der Waals surface area contributed by atoms with E-state index in [4.69, 9.17) is 11.6 Å². The van der Waals surface area contributed by atoms with E-state index >= 15 is 0 Å². The largest absolute Gasteiger partial charge is 0.354 e. The molecule has 38 heavy (non-hydrogen) atoms. The van der Waals surface area contributed by atoms with Crippen LogP contribution in [0.1, 0.15) is 32.3 Å². The van der Waals surface area contributed by atoms with Crippen LogP contribution in [0.25, 0.3) is 0 Å². The van der Waals surface area contributed by atoms with Gasteiger partial charge in [-0.2, -0.15) is 0 Å². The van der Waals surface area contributed by atoms with Gasteiger partial charge in [0, 0.05) is 22.6 Å². The summed E-state index contributed by atoms with van der Waals surface area (Å²) in [6.07, 6.45) is 1.74. The summed E-state index contributed by atoms with van der Waals surface area (Å²) in [5, 5.41) is 3.27. The third-order valence-electron chi connectivity index (χ3n) is 5.96. The minimum atomic E-state index is -4.12. The Labute approximate surface area is 238 Å². The fourth-order valence-electron chi connectivity index (χ4n) is 3.81. The van der Waals surface area contributed by atoms with Crippen molar-refractivity contribution in [1.82, 2.24) is 10.2 Å². The summed E-state index contributed by atoms with van der Waals surface area (Å²) in [5.41, 5.74) is 1.13. The van der Waals surface area contributed by atoms with Crippen molar-refractivity contribution in [3.63, 3.8) is 0 Å². The van der Waals surface area contributed by atoms with Gasteiger partial charge >= 0.3 is 0 Å². The lowest BCUT2D eigenvalue weighted by Gasteiger charge is -2.32. The highest BCUT2D eigenvalue weighted by Crippen LogP contribution is 2.25. The zero-order chi connectivity index (χ0) is 27.7. The first-order valence-corrected chi connectivity index (χ1v) is 14.9. The fraction of sp³-hybridized carbons (Fsp3) is 0.286. The number of halogens is 2. The maximum atomic E-state index is 13.8. The van der Waals surface area contributed by atoms with E-state index in [1.807, 2.05) is 31.2 Å². The molecule has 0 saturated carbocycles. The van der Waals surface area contributed by atoms with Crippen molar-refractivity contribution >= 4 is 55.1 Å². The highest BCUT2D eigenvalue weighted by molar-refractivity contribution is 9.10. The summed E-state index contributed by atoms with van der Waals surface area (Å²) in [6, 6.07) is 20.8. The van der Waals surface area contributed by atoms with E-state index in [1.54, 1.807) is 37.3 Å². The zero-order valence-corrected chi connectivity index (χ0v) is 24.5. The number of unbranched alkanes of at least 4 members (excludes halogenated alkanes) is 1. The topological polar surface area (TPSA) is 86.8 Å². The molecule has 0 radical (unpaired) electrons. The van der Waals surface area contributed by atoms with Crippen LogP contribution in [0.3, 0.4) is 0 Å². The molecule has 0 aliphatic heterocycles. The highest BCUT2D eigenvalue weighted by Gasteiger charge is 2.32. The van der Waals surface area contributed by atoms with Crippen LogP contribution in [0.15, 0.2) is 88.2 Å². The van der Waals surface area contributed by atoms with Crippen LogP contribution >= 0.6 is 27.5 Å². The van der Waals surface area contributed by atoms with E-state index < -0.39 is 28.5 Å². The Morgan fingerprint density at radius 3 is 2.32 bits per heavy atom. The lowest BCUT2D eigenvalue weighted by molar-refractivity contribution is -0.139. The number of carbonyl (C=O) groups is 2. The smallest absolute Gasteiger partial charge is 0.264 e. The van der Waals surface area contributed by atoms with E-state index in [9.17, 15) is 18.0 Å². The second kappa shape index (κ2) is 13.8. The van der Waals surface area contributed by atoms with E-state index in [2.05, 4.69) is 21.2 Å². The van der Waals surface area contributed by atoms with E-state index in [-0.39, 0.29) is 17.3 Å². The molecule has 0 heterocycles. The maximum Gasteiger partial charge on any atom is 0.264 e. The summed E-state index contributed by atoms with van der Waals surface area (Å²) in [7, 11) is -4.12. The Bertz CT molecular complexity index is 1340. The molecule has 3 aromatic rings. The monoisotopic (exact) mass is 619 g/mol. The van der Waals surface area contributed by atoms with Crippen molar-refractivity contribution in [2.45, 2.75) is 44.2 Å². The molecule has 3 aromatic carbocycles. The number of carbonyl (C=O) groups excluding carboxylic acids is 2. The standard InChI is InChI=1S/C28H31BrClN3O4S/c1-3-4-17-31-28(35)21(2)32(19-22-9-8-10-23(29)18-22)27(34)20-33(25-11-6-5-7-12-25)38(36,37)26-15-13-24(30)14-16-26/h5-16,18,21H,3-4,17,19-20H2,1-2H3,(H,31,35). The van der Waals surface area contributed by atoms with Gasteiger partial charge in [0.05, 0.1) is 10.6 Å². The Kier molecular flexibility index (Phi) is 10.8. The number of sulfonamides is 1. The number of benzene rings is 3. The summed E-state index contributed by atoms with van der Waals surface area (Å²) in [6.45, 7) is 3.81. The molecule has 0 fully saturated rings. The van der Waals surface area contributed by atoms with Crippen LogP contribution in [-0.2, 0) is 26.2 Å². The normalized spacial score (nSPS) is 12.0. The zero-order valence-electron chi connectivity index (χ0n) is 21.3. The number of para-hydroxylation sites is 1. The molecule has 3 rings (SSSR count). The Hall–Kier alpha value is -2.88. The molecule has 1 N–H and O–H groups in total. The number of rotatable bonds is 12. The molecule has 0 bridgehead atoms. The Morgan fingerprint density at radius 2 is 1.68 bits per heavy atom. The number of nitrogens with one attached hydrogen (secondary N) is 1. The predicted molar refractivity (Wildman–Crippen MR) is 154 cm³/mol. The molecule has 0 aliphatic carbocycles. The third-order valence-corrected chi connectivity index (χ3v) is 8.50. The molecular formula is C28H31BrClN3O4S. The van der Waals surface area contributed by atoms with Crippen LogP contribution in [-0.4, -0.2) is 44.3 Å². The molecule has 10 heteroatoms. The van der Waals surface area contributed by atoms with Crippen LogP contribution in [0.5, 0.6) is 0 Å². The van der Waals surface area contributed by atoms with Crippen LogP contribution < -0.4 is 9.62 Å². The van der Waals surface area contributed by atoms with Gasteiger partial charge in [-0.1, -0.05) is 71.2 Å². The molecule has 7 nitrogen and oxygen atoms in total. The van der Waals surface area contributed by atoms with Gasteiger partial charge in [-0.3, -0.25) is 13.9 Å². The van der Waals surface area contributed by atoms with E-state index in [0.717, 1.165) is 27.2 Å². The van der Waals surface area contributed by atoms with Crippen molar-refractivity contribution < 1.29 is 18.0 Å². The minimum Gasteiger partial charge on any atom is -0.354 e. The molecule has 2 amide bonds. The molecule has 1 atom stereocenters. The number of nitrogens with zero attached hydrogens (tertiary/aromatic N) is 2. The quantitative estimate of drug-likeness (QED) is 0.266. The average Bonchev–Trinajstić information content (AvgIpc) is 2.90. The molecular weight excluding hydrogens is 590 g/mol. The Balaban J connectivity index is 1.97. The van der Waals surface area contributed by atoms with Gasteiger partial charge in [0.1, 0.15) is 12.6 Å². The first-order chi connectivity index (χ1) is 18.1. The van der Waals surface area contributed by atoms with Gasteiger partial charge in [-0.25, -0.2) is 8.42 Å². The van der Waals surface area contributed by atoms with Crippen molar-refractivity contribution in [2.24, 2.45) is 0 Å². The molecule has 0 spiro atoms. The fourth-order valence-corrected chi connectivity index (χ4v) is 5.79. The predicted octanol–water partition coefficient (Wildman–Crippen LogP) is 5.63. The maximum absolute atomic E-state index is 13.8. The van der Waals surface area contributed by atoms with E-state index in [0.29, 0.717) is 17.3 Å². The number of hydrogen-bond acceptors (Lipinski definition) is 4. The molecule has 0 saturated heterocycles. The van der Waals surface area contributed by atoms with Crippen LogP contribution in [0, 0.1) is 0 Å². The van der Waals surface area contributed by atoms with Crippen molar-refractivity contribution in [3.05, 3.63) is 93.9 Å². The van der Waals surface area contributed by atoms with Gasteiger partial charge in [0.2, 0.25) is 11.8 Å². The molecule has 1 unspecified atom stereocenters. The minimum absolute atomic E-state index is 0.00227. The Morgan fingerprint density at radius 1 is 1.00 bits per heavy atom. The highest BCUT2D eigenvalue weighted by atomic mass is 79.9. The molecule has 0 aliphatic rings. The summed E-state index contributed by atoms with van der Waals surface area (Å²) < 4.78 is 29.3. The third kappa shape index (κ3) is 7.82. The van der Waals surface area contributed by atoms with Gasteiger partial charge in [0.15, 0.2) is 0 Å². The lowest BCUT2D eigenvalue weighted by Crippen LogP contribution is -2.51. The van der Waals surface area contributed by atoms with Gasteiger partial charge in [-0.15, -0.1) is 0 Å². The van der Waals surface area contributed by atoms with Gasteiger partial charge in [-0.05, 0) is 67.4 Å². The van der Waals surface area contributed by atoms with Crippen molar-refractivity contribution in [1.29, 1.82) is 0 Å². The lowest BCUT2D eigenvalue weighted by atomic mass is 10.1. The van der Waals surface area contributed by atoms with Crippen molar-refractivity contribution in [2.75, 3.05) is 17.4 Å². The second-order valence-corrected chi connectivity index (χ2v) is 12.0. The molecule has 202 valence electrons. The van der Waals surface area contributed by atoms with E-state index in [1.165, 1.54) is 29.2 Å². The molecule has 0 aromatic heterocycles. The van der Waals surface area contributed by atoms with Crippen LogP contribution in [0.4, 0.5) is 5.69 Å².